The highest BCUT2D eigenvalue weighted by Gasteiger charge is 2.32. The Labute approximate surface area is 149 Å². The Kier molecular flexibility index (Phi) is 4.43. The molecule has 0 bridgehead atoms. The Morgan fingerprint density at radius 3 is 2.88 bits per heavy atom. The average Bonchev–Trinajstić information content (AvgIpc) is 2.91. The summed E-state index contributed by atoms with van der Waals surface area (Å²) in [4.78, 5) is 21.8. The number of nitrogens with zero attached hydrogens (tertiary/aromatic N) is 3. The Balaban J connectivity index is 1.46. The normalized spacial score (nSPS) is 20.3. The van der Waals surface area contributed by atoms with Crippen LogP contribution in [0.2, 0.25) is 0 Å². The first-order valence-corrected chi connectivity index (χ1v) is 9.26. The monoisotopic (exact) mass is 335 g/mol. The van der Waals surface area contributed by atoms with Crippen molar-refractivity contribution >= 4 is 11.6 Å². The number of carbonyl (C=O) groups excluding carboxylic acids is 1. The molecular formula is C21H25N3O. The summed E-state index contributed by atoms with van der Waals surface area (Å²) < 4.78 is 0. The zero-order valence-corrected chi connectivity index (χ0v) is 14.8. The van der Waals surface area contributed by atoms with Crippen molar-refractivity contribution in [2.45, 2.75) is 32.1 Å². The second-order valence-corrected chi connectivity index (χ2v) is 7.12. The topological polar surface area (TPSA) is 36.4 Å². The van der Waals surface area contributed by atoms with Crippen molar-refractivity contribution in [1.29, 1.82) is 0 Å². The van der Waals surface area contributed by atoms with Gasteiger partial charge in [0.1, 0.15) is 0 Å². The maximum atomic E-state index is 13.1. The SMILES string of the molecule is Cc1cnccc1N1CCCN(C(=O)[C@@H]2CCc3ccccc32)CC1. The standard InChI is InChI=1S/C21H25N3O/c1-16-15-22-10-9-20(16)23-11-4-12-24(14-13-23)21(25)19-8-7-17-5-2-3-6-18(17)19/h2-3,5-6,9-10,15,19H,4,7-8,11-14H2,1H3/t19-/m1/s1. The van der Waals surface area contributed by atoms with Crippen LogP contribution < -0.4 is 4.90 Å². The molecule has 4 nitrogen and oxygen atoms in total. The molecule has 130 valence electrons. The van der Waals surface area contributed by atoms with Crippen LogP contribution in [0.1, 0.15) is 35.4 Å². The molecule has 1 aromatic carbocycles. The summed E-state index contributed by atoms with van der Waals surface area (Å²) in [6, 6.07) is 10.5. The number of fused-ring (bicyclic) bond motifs is 1. The molecule has 4 heteroatoms. The molecule has 1 saturated heterocycles. The van der Waals surface area contributed by atoms with Crippen LogP contribution in [0.15, 0.2) is 42.7 Å². The van der Waals surface area contributed by atoms with Crippen molar-refractivity contribution in [1.82, 2.24) is 9.88 Å². The van der Waals surface area contributed by atoms with E-state index < -0.39 is 0 Å². The number of pyridine rings is 1. The number of rotatable bonds is 2. The third kappa shape index (κ3) is 3.13. The fourth-order valence-corrected chi connectivity index (χ4v) is 4.23. The summed E-state index contributed by atoms with van der Waals surface area (Å²) in [5, 5.41) is 0. The quantitative estimate of drug-likeness (QED) is 0.846. The van der Waals surface area contributed by atoms with Gasteiger partial charge >= 0.3 is 0 Å². The minimum Gasteiger partial charge on any atom is -0.369 e. The zero-order chi connectivity index (χ0) is 17.2. The maximum Gasteiger partial charge on any atom is 0.230 e. The average molecular weight is 335 g/mol. The van der Waals surface area contributed by atoms with E-state index in [2.05, 4.69) is 52.0 Å². The van der Waals surface area contributed by atoms with Gasteiger partial charge in [0.25, 0.3) is 0 Å². The molecule has 0 spiro atoms. The van der Waals surface area contributed by atoms with Crippen LogP contribution >= 0.6 is 0 Å². The van der Waals surface area contributed by atoms with Gasteiger partial charge in [-0.1, -0.05) is 24.3 Å². The van der Waals surface area contributed by atoms with Crippen LogP contribution in [-0.2, 0) is 11.2 Å². The van der Waals surface area contributed by atoms with Gasteiger partial charge in [-0.2, -0.15) is 0 Å². The van der Waals surface area contributed by atoms with Gasteiger partial charge in [0, 0.05) is 44.3 Å². The van der Waals surface area contributed by atoms with Gasteiger partial charge < -0.3 is 9.80 Å². The molecule has 25 heavy (non-hydrogen) atoms. The lowest BCUT2D eigenvalue weighted by atomic mass is 10.00. The number of hydrogen-bond donors (Lipinski definition) is 0. The third-order valence-corrected chi connectivity index (χ3v) is 5.57. The van der Waals surface area contributed by atoms with Crippen molar-refractivity contribution in [2.75, 3.05) is 31.1 Å². The Hall–Kier alpha value is -2.36. The van der Waals surface area contributed by atoms with Gasteiger partial charge in [-0.25, -0.2) is 0 Å². The first kappa shape index (κ1) is 16.1. The van der Waals surface area contributed by atoms with Crippen LogP contribution in [0.3, 0.4) is 0 Å². The van der Waals surface area contributed by atoms with Crippen LogP contribution in [-0.4, -0.2) is 42.0 Å². The summed E-state index contributed by atoms with van der Waals surface area (Å²) in [7, 11) is 0. The smallest absolute Gasteiger partial charge is 0.230 e. The third-order valence-electron chi connectivity index (χ3n) is 5.57. The fraction of sp³-hybridized carbons (Fsp3) is 0.429. The molecule has 1 amide bonds. The number of aryl methyl sites for hydroxylation is 2. The molecule has 0 unspecified atom stereocenters. The highest BCUT2D eigenvalue weighted by atomic mass is 16.2. The molecular weight excluding hydrogens is 310 g/mol. The summed E-state index contributed by atoms with van der Waals surface area (Å²) in [6.45, 7) is 5.66. The van der Waals surface area contributed by atoms with Crippen LogP contribution in [0.5, 0.6) is 0 Å². The molecule has 2 heterocycles. The number of anilines is 1. The van der Waals surface area contributed by atoms with Crippen LogP contribution in [0.4, 0.5) is 5.69 Å². The second kappa shape index (κ2) is 6.87. The lowest BCUT2D eigenvalue weighted by molar-refractivity contribution is -0.132. The van der Waals surface area contributed by atoms with E-state index in [9.17, 15) is 4.79 Å². The van der Waals surface area contributed by atoms with E-state index in [4.69, 9.17) is 0 Å². The van der Waals surface area contributed by atoms with Crippen molar-refractivity contribution in [2.24, 2.45) is 0 Å². The van der Waals surface area contributed by atoms with Crippen molar-refractivity contribution in [3.05, 3.63) is 59.4 Å². The maximum absolute atomic E-state index is 13.1. The second-order valence-electron chi connectivity index (χ2n) is 7.12. The van der Waals surface area contributed by atoms with Gasteiger partial charge in [-0.3, -0.25) is 9.78 Å². The van der Waals surface area contributed by atoms with Crippen molar-refractivity contribution in [3.63, 3.8) is 0 Å². The van der Waals surface area contributed by atoms with E-state index >= 15 is 0 Å². The van der Waals surface area contributed by atoms with E-state index in [0.717, 1.165) is 45.4 Å². The molecule has 2 aliphatic rings. The molecule has 1 aliphatic heterocycles. The van der Waals surface area contributed by atoms with Crippen LogP contribution in [0.25, 0.3) is 0 Å². The molecule has 1 aromatic heterocycles. The van der Waals surface area contributed by atoms with Crippen molar-refractivity contribution in [3.8, 4) is 0 Å². The minimum absolute atomic E-state index is 0.0606. The van der Waals surface area contributed by atoms with Crippen molar-refractivity contribution < 1.29 is 4.79 Å². The first-order chi connectivity index (χ1) is 12.2. The fourth-order valence-electron chi connectivity index (χ4n) is 4.23. The predicted octanol–water partition coefficient (Wildman–Crippen LogP) is 3.16. The highest BCUT2D eigenvalue weighted by Crippen LogP contribution is 2.34. The summed E-state index contributed by atoms with van der Waals surface area (Å²) in [5.41, 5.74) is 5.05. The van der Waals surface area contributed by atoms with Gasteiger partial charge in [0.05, 0.1) is 5.92 Å². The molecule has 2 aromatic rings. The number of hydrogen-bond acceptors (Lipinski definition) is 3. The van der Waals surface area contributed by atoms with Crippen LogP contribution in [0, 0.1) is 6.92 Å². The van der Waals surface area contributed by atoms with E-state index in [1.165, 1.54) is 22.4 Å². The highest BCUT2D eigenvalue weighted by molar-refractivity contribution is 5.85. The zero-order valence-electron chi connectivity index (χ0n) is 14.8. The summed E-state index contributed by atoms with van der Waals surface area (Å²) >= 11 is 0. The molecule has 0 N–H and O–H groups in total. The van der Waals surface area contributed by atoms with E-state index in [1.54, 1.807) is 0 Å². The number of carbonyl (C=O) groups is 1. The van der Waals surface area contributed by atoms with Gasteiger partial charge in [0.2, 0.25) is 5.91 Å². The first-order valence-electron chi connectivity index (χ1n) is 9.26. The lowest BCUT2D eigenvalue weighted by Gasteiger charge is -2.26. The molecule has 4 rings (SSSR count). The predicted molar refractivity (Wildman–Crippen MR) is 99.9 cm³/mol. The molecule has 1 aliphatic carbocycles. The largest absolute Gasteiger partial charge is 0.369 e. The number of aromatic nitrogens is 1. The Morgan fingerprint density at radius 1 is 1.12 bits per heavy atom. The lowest BCUT2D eigenvalue weighted by Crippen LogP contribution is -2.37. The van der Waals surface area contributed by atoms with E-state index in [1.807, 2.05) is 12.4 Å². The Bertz CT molecular complexity index is 773. The van der Waals surface area contributed by atoms with Gasteiger partial charge in [-0.15, -0.1) is 0 Å². The molecule has 0 saturated carbocycles. The molecule has 1 fully saturated rings. The number of amides is 1. The Morgan fingerprint density at radius 2 is 2.00 bits per heavy atom. The molecule has 1 atom stereocenters. The number of benzene rings is 1. The summed E-state index contributed by atoms with van der Waals surface area (Å²) in [5.74, 6) is 0.378. The summed E-state index contributed by atoms with van der Waals surface area (Å²) in [6.07, 6.45) is 6.77. The van der Waals surface area contributed by atoms with Gasteiger partial charge in [0.15, 0.2) is 0 Å². The van der Waals surface area contributed by atoms with Gasteiger partial charge in [-0.05, 0) is 48.9 Å². The minimum atomic E-state index is 0.0606. The van der Waals surface area contributed by atoms with E-state index in [-0.39, 0.29) is 5.92 Å². The molecule has 0 radical (unpaired) electrons. The van der Waals surface area contributed by atoms with E-state index in [0.29, 0.717) is 5.91 Å².